The maximum atomic E-state index is 12.9. The number of methoxy groups -OCH3 is 1. The van der Waals surface area contributed by atoms with Crippen LogP contribution < -0.4 is 4.74 Å². The fourth-order valence-corrected chi connectivity index (χ4v) is 2.77. The van der Waals surface area contributed by atoms with E-state index in [1.807, 2.05) is 0 Å². The van der Waals surface area contributed by atoms with Crippen molar-refractivity contribution in [3.63, 3.8) is 0 Å². The van der Waals surface area contributed by atoms with E-state index in [1.54, 1.807) is 30.3 Å². The molecule has 0 atom stereocenters. The smallest absolute Gasteiger partial charge is 0.291 e. The number of ether oxygens (including phenoxy) is 1. The van der Waals surface area contributed by atoms with Gasteiger partial charge in [0.05, 0.1) is 18.2 Å². The van der Waals surface area contributed by atoms with Crippen molar-refractivity contribution in [2.75, 3.05) is 7.11 Å². The van der Waals surface area contributed by atoms with Gasteiger partial charge in [0.15, 0.2) is 5.82 Å². The molecule has 0 spiro atoms. The van der Waals surface area contributed by atoms with Crippen molar-refractivity contribution in [3.05, 3.63) is 64.2 Å². The Morgan fingerprint density at radius 2 is 2.00 bits per heavy atom. The van der Waals surface area contributed by atoms with Crippen LogP contribution in [0.25, 0.3) is 11.4 Å². The van der Waals surface area contributed by atoms with Crippen LogP contribution in [0.4, 0.5) is 14.5 Å². The molecule has 3 aromatic rings. The number of halogens is 2. The Labute approximate surface area is 162 Å². The zero-order valence-electron chi connectivity index (χ0n) is 14.4. The van der Waals surface area contributed by atoms with E-state index < -0.39 is 10.7 Å². The number of alkyl halides is 2. The summed E-state index contributed by atoms with van der Waals surface area (Å²) in [5.74, 6) is -1.84. The summed E-state index contributed by atoms with van der Waals surface area (Å²) in [4.78, 5) is 10.4. The molecule has 0 saturated heterocycles. The Balaban J connectivity index is 2.00. The predicted octanol–water partition coefficient (Wildman–Crippen LogP) is 4.06. The first-order valence-electron chi connectivity index (χ1n) is 7.81. The van der Waals surface area contributed by atoms with Crippen molar-refractivity contribution in [2.24, 2.45) is 5.10 Å². The molecule has 28 heavy (non-hydrogen) atoms. The van der Waals surface area contributed by atoms with Crippen molar-refractivity contribution < 1.29 is 18.4 Å². The number of thioether (sulfide) groups is 1. The highest BCUT2D eigenvalue weighted by Crippen LogP contribution is 2.28. The lowest BCUT2D eigenvalue weighted by Gasteiger charge is -2.05. The molecule has 2 aromatic carbocycles. The van der Waals surface area contributed by atoms with E-state index in [4.69, 9.17) is 4.74 Å². The number of nitrogens with zero attached hydrogens (tertiary/aromatic N) is 5. The second-order valence-corrected chi connectivity index (χ2v) is 6.28. The number of nitro groups is 1. The zero-order valence-corrected chi connectivity index (χ0v) is 15.2. The molecule has 0 aliphatic carbocycles. The lowest BCUT2D eigenvalue weighted by Crippen LogP contribution is -1.98. The van der Waals surface area contributed by atoms with Crippen LogP contribution in [-0.2, 0) is 0 Å². The molecule has 3 rings (SSSR count). The molecule has 0 aliphatic heterocycles. The number of non-ortho nitro benzene ring substituents is 1. The van der Waals surface area contributed by atoms with Crippen molar-refractivity contribution in [2.45, 2.75) is 10.9 Å². The van der Waals surface area contributed by atoms with E-state index in [0.717, 1.165) is 4.68 Å². The fraction of sp³-hybridized carbons (Fsp3) is 0.118. The lowest BCUT2D eigenvalue weighted by molar-refractivity contribution is -0.384. The van der Waals surface area contributed by atoms with Gasteiger partial charge >= 0.3 is 0 Å². The topological polar surface area (TPSA) is 95.4 Å². The zero-order chi connectivity index (χ0) is 20.1. The van der Waals surface area contributed by atoms with E-state index in [9.17, 15) is 18.9 Å². The van der Waals surface area contributed by atoms with Crippen molar-refractivity contribution in [1.29, 1.82) is 0 Å². The minimum Gasteiger partial charge on any atom is -0.497 e. The van der Waals surface area contributed by atoms with Crippen LogP contribution >= 0.6 is 11.8 Å². The molecule has 0 unspecified atom stereocenters. The van der Waals surface area contributed by atoms with E-state index in [-0.39, 0.29) is 28.4 Å². The molecule has 1 heterocycles. The van der Waals surface area contributed by atoms with Crippen molar-refractivity contribution >= 4 is 23.7 Å². The minimum atomic E-state index is -2.71. The van der Waals surface area contributed by atoms with Gasteiger partial charge in [0.1, 0.15) is 5.75 Å². The standard InChI is InChI=1S/C17H13F2N5O3S/c1-27-14-7-5-12(6-8-14)15-21-22-17(28-16(18)19)23(15)20-10-11-3-2-4-13(9-11)24(25)26/h2-10,16H,1H3/b20-10-. The van der Waals surface area contributed by atoms with Crippen LogP contribution in [0.15, 0.2) is 58.8 Å². The molecular formula is C17H13F2N5O3S. The molecule has 0 bridgehead atoms. The van der Waals surface area contributed by atoms with Gasteiger partial charge in [-0.1, -0.05) is 12.1 Å². The molecule has 8 nitrogen and oxygen atoms in total. The highest BCUT2D eigenvalue weighted by molar-refractivity contribution is 7.99. The van der Waals surface area contributed by atoms with E-state index in [1.165, 1.54) is 31.5 Å². The van der Waals surface area contributed by atoms with Crippen LogP contribution in [0.2, 0.25) is 0 Å². The molecule has 144 valence electrons. The van der Waals surface area contributed by atoms with Crippen LogP contribution in [-0.4, -0.2) is 38.9 Å². The van der Waals surface area contributed by atoms with Gasteiger partial charge in [-0.2, -0.15) is 18.6 Å². The maximum Gasteiger partial charge on any atom is 0.291 e. The number of aromatic nitrogens is 3. The predicted molar refractivity (Wildman–Crippen MR) is 100.0 cm³/mol. The summed E-state index contributed by atoms with van der Waals surface area (Å²) in [5, 5.41) is 22.7. The van der Waals surface area contributed by atoms with Gasteiger partial charge in [-0.05, 0) is 36.0 Å². The van der Waals surface area contributed by atoms with Crippen LogP contribution in [0.1, 0.15) is 5.56 Å². The monoisotopic (exact) mass is 405 g/mol. The third-order valence-corrected chi connectivity index (χ3v) is 4.20. The molecule has 0 N–H and O–H groups in total. The average molecular weight is 405 g/mol. The second kappa shape index (κ2) is 8.57. The first-order valence-corrected chi connectivity index (χ1v) is 8.69. The Morgan fingerprint density at radius 3 is 2.64 bits per heavy atom. The molecule has 1 aromatic heterocycles. The molecule has 0 fully saturated rings. The van der Waals surface area contributed by atoms with Crippen LogP contribution in [0.5, 0.6) is 5.75 Å². The SMILES string of the molecule is COc1ccc(-c2nnc(SC(F)F)n2/N=C\c2cccc([N+](=O)[O-])c2)cc1. The Hall–Kier alpha value is -3.34. The van der Waals surface area contributed by atoms with Gasteiger partial charge in [0, 0.05) is 23.3 Å². The number of hydrogen-bond donors (Lipinski definition) is 0. The van der Waals surface area contributed by atoms with E-state index >= 15 is 0 Å². The summed E-state index contributed by atoms with van der Waals surface area (Å²) in [5.41, 5.74) is 0.910. The van der Waals surface area contributed by atoms with Gasteiger partial charge in [-0.15, -0.1) is 10.2 Å². The number of hydrogen-bond acceptors (Lipinski definition) is 7. The fourth-order valence-electron chi connectivity index (χ4n) is 2.29. The Bertz CT molecular complexity index is 1010. The van der Waals surface area contributed by atoms with Gasteiger partial charge in [-0.25, -0.2) is 0 Å². The van der Waals surface area contributed by atoms with Crippen LogP contribution in [0, 0.1) is 10.1 Å². The largest absolute Gasteiger partial charge is 0.497 e. The van der Waals surface area contributed by atoms with Gasteiger partial charge in [0.2, 0.25) is 5.16 Å². The summed E-state index contributed by atoms with van der Waals surface area (Å²) >= 11 is 0.201. The van der Waals surface area contributed by atoms with E-state index in [2.05, 4.69) is 15.3 Å². The normalized spacial score (nSPS) is 11.3. The van der Waals surface area contributed by atoms with Gasteiger partial charge in [0.25, 0.3) is 11.4 Å². The molecule has 0 amide bonds. The number of rotatable bonds is 7. The summed E-state index contributed by atoms with van der Waals surface area (Å²) in [6, 6.07) is 12.5. The summed E-state index contributed by atoms with van der Waals surface area (Å²) in [7, 11) is 1.53. The van der Waals surface area contributed by atoms with Crippen molar-refractivity contribution in [1.82, 2.24) is 14.9 Å². The highest BCUT2D eigenvalue weighted by atomic mass is 32.2. The summed E-state index contributed by atoms with van der Waals surface area (Å²) in [6.07, 6.45) is 1.32. The Kier molecular flexibility index (Phi) is 5.94. The second-order valence-electron chi connectivity index (χ2n) is 5.32. The molecule has 11 heteroatoms. The highest BCUT2D eigenvalue weighted by Gasteiger charge is 2.18. The lowest BCUT2D eigenvalue weighted by atomic mass is 10.2. The average Bonchev–Trinajstić information content (AvgIpc) is 3.08. The Morgan fingerprint density at radius 1 is 1.25 bits per heavy atom. The van der Waals surface area contributed by atoms with Gasteiger partial charge in [-0.3, -0.25) is 10.1 Å². The number of benzene rings is 2. The summed E-state index contributed by atoms with van der Waals surface area (Å²) in [6.45, 7) is 0. The molecule has 0 saturated carbocycles. The first-order chi connectivity index (χ1) is 13.5. The van der Waals surface area contributed by atoms with Crippen LogP contribution in [0.3, 0.4) is 0 Å². The van der Waals surface area contributed by atoms with Gasteiger partial charge < -0.3 is 4.74 Å². The molecule has 0 radical (unpaired) electrons. The summed E-state index contributed by atoms with van der Waals surface area (Å²) < 4.78 is 32.0. The van der Waals surface area contributed by atoms with E-state index in [0.29, 0.717) is 16.9 Å². The quantitative estimate of drug-likeness (QED) is 0.255. The maximum absolute atomic E-state index is 12.9. The third kappa shape index (κ3) is 4.49. The molecular weight excluding hydrogens is 392 g/mol. The minimum absolute atomic E-state index is 0.106. The number of nitro benzene ring substituents is 1. The first kappa shape index (κ1) is 19.4. The van der Waals surface area contributed by atoms with Crippen molar-refractivity contribution in [3.8, 4) is 17.1 Å². The third-order valence-electron chi connectivity index (χ3n) is 3.56. The molecule has 0 aliphatic rings.